The lowest BCUT2D eigenvalue weighted by molar-refractivity contribution is 0.808. The predicted molar refractivity (Wildman–Crippen MR) is 65.2 cm³/mol. The summed E-state index contributed by atoms with van der Waals surface area (Å²) >= 11 is 1.54. The van der Waals surface area contributed by atoms with Gasteiger partial charge in [0.1, 0.15) is 10.1 Å². The lowest BCUT2D eigenvalue weighted by Crippen LogP contribution is -2.04. The van der Waals surface area contributed by atoms with Crippen LogP contribution in [0.15, 0.2) is 52.8 Å². The topological polar surface area (TPSA) is 51.8 Å². The summed E-state index contributed by atoms with van der Waals surface area (Å²) in [5.74, 6) is 0. The maximum atomic E-state index is 5.82. The summed E-state index contributed by atoms with van der Waals surface area (Å²) < 4.78 is 0. The molecule has 2 aromatic rings. The van der Waals surface area contributed by atoms with Crippen LogP contribution in [0.3, 0.4) is 0 Å². The number of aromatic nitrogens is 2. The van der Waals surface area contributed by atoms with E-state index < -0.39 is 0 Å². The molecular weight excluding hydrogens is 218 g/mol. The number of nitrogens with zero attached hydrogens (tertiary/aromatic N) is 2. The van der Waals surface area contributed by atoms with Gasteiger partial charge in [-0.25, -0.2) is 9.97 Å². The minimum Gasteiger partial charge on any atom is -0.324 e. The molecule has 0 aromatic carbocycles. The van der Waals surface area contributed by atoms with Gasteiger partial charge in [-0.15, -0.1) is 0 Å². The van der Waals surface area contributed by atoms with Crippen molar-refractivity contribution in [2.75, 3.05) is 0 Å². The van der Waals surface area contributed by atoms with Crippen molar-refractivity contribution in [3.05, 3.63) is 48.3 Å². The van der Waals surface area contributed by atoms with Crippen LogP contribution >= 0.6 is 11.8 Å². The Kier molecular flexibility index (Phi) is 3.54. The zero-order valence-electron chi connectivity index (χ0n) is 9.00. The van der Waals surface area contributed by atoms with Crippen LogP contribution in [0.25, 0.3) is 0 Å². The van der Waals surface area contributed by atoms with Gasteiger partial charge in [0.15, 0.2) is 0 Å². The summed E-state index contributed by atoms with van der Waals surface area (Å²) in [5.41, 5.74) is 6.91. The van der Waals surface area contributed by atoms with E-state index in [1.807, 2.05) is 37.3 Å². The standard InChI is InChI=1S/C12H13N3S/c1-9(13)10-5-7-15-12(8-10)16-11-4-2-3-6-14-11/h2-9H,13H2,1H3. The molecule has 2 aromatic heterocycles. The predicted octanol–water partition coefficient (Wildman–Crippen LogP) is 2.65. The Morgan fingerprint density at radius 1 is 1.12 bits per heavy atom. The highest BCUT2D eigenvalue weighted by molar-refractivity contribution is 7.99. The summed E-state index contributed by atoms with van der Waals surface area (Å²) in [7, 11) is 0. The van der Waals surface area contributed by atoms with Gasteiger partial charge in [-0.05, 0) is 36.8 Å². The molecule has 0 saturated heterocycles. The summed E-state index contributed by atoms with van der Waals surface area (Å²) in [5, 5.41) is 1.87. The number of hydrogen-bond donors (Lipinski definition) is 1. The fourth-order valence-corrected chi connectivity index (χ4v) is 2.06. The van der Waals surface area contributed by atoms with Gasteiger partial charge in [-0.3, -0.25) is 0 Å². The van der Waals surface area contributed by atoms with Gasteiger partial charge in [0.2, 0.25) is 0 Å². The molecule has 0 spiro atoms. The fraction of sp³-hybridized carbons (Fsp3) is 0.167. The fourth-order valence-electron chi connectivity index (χ4n) is 1.28. The molecule has 2 rings (SSSR count). The van der Waals surface area contributed by atoms with E-state index in [1.54, 1.807) is 24.2 Å². The normalized spacial score (nSPS) is 12.4. The van der Waals surface area contributed by atoms with Crippen molar-refractivity contribution >= 4 is 11.8 Å². The second-order valence-electron chi connectivity index (χ2n) is 3.49. The van der Waals surface area contributed by atoms with Gasteiger partial charge in [-0.2, -0.15) is 0 Å². The molecule has 2 heterocycles. The Labute approximate surface area is 99.1 Å². The molecule has 0 aliphatic carbocycles. The van der Waals surface area contributed by atoms with Crippen LogP contribution in [0.1, 0.15) is 18.5 Å². The molecule has 1 atom stereocenters. The summed E-state index contributed by atoms with van der Waals surface area (Å²) in [6.45, 7) is 1.96. The number of hydrogen-bond acceptors (Lipinski definition) is 4. The Morgan fingerprint density at radius 3 is 2.62 bits per heavy atom. The molecule has 4 heteroatoms. The van der Waals surface area contributed by atoms with E-state index in [1.165, 1.54) is 0 Å². The molecule has 2 N–H and O–H groups in total. The monoisotopic (exact) mass is 231 g/mol. The van der Waals surface area contributed by atoms with Crippen molar-refractivity contribution in [1.82, 2.24) is 9.97 Å². The van der Waals surface area contributed by atoms with Gasteiger partial charge < -0.3 is 5.73 Å². The first-order valence-electron chi connectivity index (χ1n) is 5.06. The molecular formula is C12H13N3S. The third-order valence-corrected chi connectivity index (χ3v) is 3.01. The highest BCUT2D eigenvalue weighted by atomic mass is 32.2. The minimum absolute atomic E-state index is 0.0334. The van der Waals surface area contributed by atoms with E-state index in [-0.39, 0.29) is 6.04 Å². The van der Waals surface area contributed by atoms with Crippen molar-refractivity contribution in [2.24, 2.45) is 5.73 Å². The Hall–Kier alpha value is -1.39. The van der Waals surface area contributed by atoms with Crippen molar-refractivity contribution in [1.29, 1.82) is 0 Å². The van der Waals surface area contributed by atoms with Gasteiger partial charge >= 0.3 is 0 Å². The molecule has 3 nitrogen and oxygen atoms in total. The molecule has 0 aliphatic heterocycles. The summed E-state index contributed by atoms with van der Waals surface area (Å²) in [6.07, 6.45) is 3.56. The van der Waals surface area contributed by atoms with E-state index >= 15 is 0 Å². The summed E-state index contributed by atoms with van der Waals surface area (Å²) in [6, 6.07) is 9.80. The van der Waals surface area contributed by atoms with Crippen molar-refractivity contribution < 1.29 is 0 Å². The van der Waals surface area contributed by atoms with Crippen LogP contribution in [0.5, 0.6) is 0 Å². The zero-order valence-corrected chi connectivity index (χ0v) is 9.82. The highest BCUT2D eigenvalue weighted by Crippen LogP contribution is 2.25. The van der Waals surface area contributed by atoms with Crippen LogP contribution in [-0.2, 0) is 0 Å². The smallest absolute Gasteiger partial charge is 0.102 e. The molecule has 0 saturated carbocycles. The van der Waals surface area contributed by atoms with Crippen LogP contribution in [-0.4, -0.2) is 9.97 Å². The van der Waals surface area contributed by atoms with Crippen molar-refractivity contribution in [3.63, 3.8) is 0 Å². The molecule has 1 unspecified atom stereocenters. The largest absolute Gasteiger partial charge is 0.324 e. The van der Waals surface area contributed by atoms with Crippen molar-refractivity contribution in [3.8, 4) is 0 Å². The first-order valence-corrected chi connectivity index (χ1v) is 5.88. The molecule has 0 aliphatic rings. The minimum atomic E-state index is 0.0334. The molecule has 16 heavy (non-hydrogen) atoms. The van der Waals surface area contributed by atoms with E-state index in [2.05, 4.69) is 9.97 Å². The third kappa shape index (κ3) is 2.81. The zero-order chi connectivity index (χ0) is 11.4. The Morgan fingerprint density at radius 2 is 1.94 bits per heavy atom. The van der Waals surface area contributed by atoms with E-state index in [0.29, 0.717) is 0 Å². The van der Waals surface area contributed by atoms with Gasteiger partial charge in [0.05, 0.1) is 0 Å². The first kappa shape index (κ1) is 11.1. The molecule has 0 bridgehead atoms. The van der Waals surface area contributed by atoms with E-state index in [0.717, 1.165) is 15.6 Å². The maximum absolute atomic E-state index is 5.82. The second-order valence-corrected chi connectivity index (χ2v) is 4.53. The van der Waals surface area contributed by atoms with Gasteiger partial charge in [0.25, 0.3) is 0 Å². The maximum Gasteiger partial charge on any atom is 0.102 e. The Bertz CT molecular complexity index is 457. The van der Waals surface area contributed by atoms with Crippen LogP contribution < -0.4 is 5.73 Å². The number of nitrogens with two attached hydrogens (primary N) is 1. The molecule has 0 amide bonds. The van der Waals surface area contributed by atoms with E-state index in [9.17, 15) is 0 Å². The molecule has 0 radical (unpaired) electrons. The van der Waals surface area contributed by atoms with E-state index in [4.69, 9.17) is 5.73 Å². The van der Waals surface area contributed by atoms with Crippen LogP contribution in [0.4, 0.5) is 0 Å². The lowest BCUT2D eigenvalue weighted by Gasteiger charge is -2.06. The van der Waals surface area contributed by atoms with Crippen LogP contribution in [0, 0.1) is 0 Å². The quantitative estimate of drug-likeness (QED) is 0.882. The number of pyridine rings is 2. The van der Waals surface area contributed by atoms with Crippen molar-refractivity contribution in [2.45, 2.75) is 23.0 Å². The third-order valence-electron chi connectivity index (χ3n) is 2.13. The SMILES string of the molecule is CC(N)c1ccnc(Sc2ccccn2)c1. The number of rotatable bonds is 3. The molecule has 0 fully saturated rings. The second kappa shape index (κ2) is 5.09. The lowest BCUT2D eigenvalue weighted by atomic mass is 10.1. The average Bonchev–Trinajstić information content (AvgIpc) is 2.30. The summed E-state index contributed by atoms with van der Waals surface area (Å²) in [4.78, 5) is 8.52. The molecule has 82 valence electrons. The highest BCUT2D eigenvalue weighted by Gasteiger charge is 2.03. The first-order chi connectivity index (χ1) is 7.75. The van der Waals surface area contributed by atoms with Gasteiger partial charge in [0, 0.05) is 18.4 Å². The Balaban J connectivity index is 2.19. The van der Waals surface area contributed by atoms with Gasteiger partial charge in [-0.1, -0.05) is 17.8 Å². The average molecular weight is 231 g/mol. The van der Waals surface area contributed by atoms with Crippen LogP contribution in [0.2, 0.25) is 0 Å².